The fourth-order valence-corrected chi connectivity index (χ4v) is 3.50. The Balaban J connectivity index is 1.66. The van der Waals surface area contributed by atoms with Gasteiger partial charge in [-0.2, -0.15) is 0 Å². The fourth-order valence-electron chi connectivity index (χ4n) is 3.50. The fraction of sp³-hybridized carbons (Fsp3) is 0.571. The molecular weight excluding hydrogens is 240 g/mol. The Morgan fingerprint density at radius 3 is 3.05 bits per heavy atom. The first-order valence-corrected chi connectivity index (χ1v) is 6.98. The molecule has 0 bridgehead atoms. The van der Waals surface area contributed by atoms with Gasteiger partial charge < -0.3 is 9.51 Å². The molecule has 0 aromatic carbocycles. The van der Waals surface area contributed by atoms with Crippen LogP contribution in [0.1, 0.15) is 42.1 Å². The van der Waals surface area contributed by atoms with Crippen molar-refractivity contribution in [3.05, 3.63) is 35.2 Å². The number of fused-ring (bicyclic) bond motifs is 2. The Bertz CT molecular complexity index is 596. The normalized spacial score (nSPS) is 21.3. The summed E-state index contributed by atoms with van der Waals surface area (Å²) in [4.78, 5) is 10.4. The highest BCUT2D eigenvalue weighted by Gasteiger charge is 2.49. The predicted molar refractivity (Wildman–Crippen MR) is 69.5 cm³/mol. The number of hydrogen-bond donors (Lipinski definition) is 1. The van der Waals surface area contributed by atoms with Gasteiger partial charge in [-0.3, -0.25) is 4.90 Å². The van der Waals surface area contributed by atoms with Gasteiger partial charge in [-0.05, 0) is 26.2 Å². The molecule has 1 spiro atoms. The van der Waals surface area contributed by atoms with E-state index in [9.17, 15) is 0 Å². The molecule has 2 aliphatic rings. The monoisotopic (exact) mass is 258 g/mol. The molecule has 4 rings (SSSR count). The zero-order valence-electron chi connectivity index (χ0n) is 11.1. The molecule has 1 saturated carbocycles. The van der Waals surface area contributed by atoms with E-state index in [1.807, 2.05) is 19.3 Å². The van der Waals surface area contributed by atoms with Gasteiger partial charge in [0, 0.05) is 24.7 Å². The van der Waals surface area contributed by atoms with E-state index in [0.717, 1.165) is 31.0 Å². The van der Waals surface area contributed by atoms with Gasteiger partial charge in [-0.1, -0.05) is 5.16 Å². The predicted octanol–water partition coefficient (Wildman–Crippen LogP) is 2.14. The average molecular weight is 258 g/mol. The number of H-pyrrole nitrogens is 1. The van der Waals surface area contributed by atoms with Gasteiger partial charge in [-0.25, -0.2) is 4.98 Å². The van der Waals surface area contributed by atoms with Gasteiger partial charge in [0.15, 0.2) is 5.76 Å². The summed E-state index contributed by atoms with van der Waals surface area (Å²) in [7, 11) is 0. The third kappa shape index (κ3) is 1.57. The second-order valence-corrected chi connectivity index (χ2v) is 5.72. The van der Waals surface area contributed by atoms with Crippen LogP contribution in [0.5, 0.6) is 0 Å². The van der Waals surface area contributed by atoms with Crippen LogP contribution in [-0.4, -0.2) is 26.6 Å². The van der Waals surface area contributed by atoms with Gasteiger partial charge in [0.05, 0.1) is 29.8 Å². The maximum absolute atomic E-state index is 5.38. The summed E-state index contributed by atoms with van der Waals surface area (Å²) in [5, 5.41) is 3.98. The van der Waals surface area contributed by atoms with E-state index in [4.69, 9.17) is 4.52 Å². The number of nitrogens with one attached hydrogen (secondary N) is 1. The number of imidazole rings is 1. The second-order valence-electron chi connectivity index (χ2n) is 5.72. The van der Waals surface area contributed by atoms with Crippen molar-refractivity contribution in [1.29, 1.82) is 0 Å². The molecule has 0 unspecified atom stereocenters. The molecule has 0 amide bonds. The first-order chi connectivity index (χ1) is 9.28. The minimum absolute atomic E-state index is 0.147. The molecule has 0 saturated heterocycles. The Labute approximate surface area is 112 Å². The zero-order chi connectivity index (χ0) is 12.9. The van der Waals surface area contributed by atoms with Crippen molar-refractivity contribution in [3.8, 4) is 0 Å². The molecule has 1 aliphatic carbocycles. The van der Waals surface area contributed by atoms with E-state index in [1.165, 1.54) is 30.7 Å². The highest BCUT2D eigenvalue weighted by molar-refractivity contribution is 5.28. The summed E-state index contributed by atoms with van der Waals surface area (Å²) >= 11 is 0. The Kier molecular flexibility index (Phi) is 2.33. The molecule has 100 valence electrons. The SMILES string of the molecule is Cc1cc(CN2CCc3[nH]cnc3C23CCC3)on1. The summed E-state index contributed by atoms with van der Waals surface area (Å²) < 4.78 is 5.38. The molecule has 3 heterocycles. The summed E-state index contributed by atoms with van der Waals surface area (Å²) in [5.41, 5.74) is 3.69. The van der Waals surface area contributed by atoms with Crippen molar-refractivity contribution in [3.63, 3.8) is 0 Å². The van der Waals surface area contributed by atoms with Crippen molar-refractivity contribution in [2.45, 2.75) is 44.7 Å². The van der Waals surface area contributed by atoms with Gasteiger partial charge in [0.25, 0.3) is 0 Å². The number of aromatic amines is 1. The van der Waals surface area contributed by atoms with E-state index >= 15 is 0 Å². The Morgan fingerprint density at radius 2 is 2.37 bits per heavy atom. The lowest BCUT2D eigenvalue weighted by Gasteiger charge is -2.51. The van der Waals surface area contributed by atoms with Crippen LogP contribution in [0.2, 0.25) is 0 Å². The minimum Gasteiger partial charge on any atom is -0.360 e. The molecular formula is C14H18N4O. The van der Waals surface area contributed by atoms with Crippen molar-refractivity contribution < 1.29 is 4.52 Å². The first-order valence-electron chi connectivity index (χ1n) is 6.98. The third-order valence-corrected chi connectivity index (χ3v) is 4.60. The van der Waals surface area contributed by atoms with E-state index < -0.39 is 0 Å². The zero-order valence-corrected chi connectivity index (χ0v) is 11.1. The average Bonchev–Trinajstić information content (AvgIpc) is 2.95. The molecule has 1 aliphatic heterocycles. The lowest BCUT2D eigenvalue weighted by Crippen LogP contribution is -2.54. The standard InChI is InChI=1S/C14H18N4O/c1-10-7-11(19-17-10)8-18-6-3-12-13(16-9-15-12)14(18)4-2-5-14/h7,9H,2-6,8H2,1H3,(H,15,16). The molecule has 5 heteroatoms. The number of hydrogen-bond acceptors (Lipinski definition) is 4. The van der Waals surface area contributed by atoms with Crippen LogP contribution in [0, 0.1) is 6.92 Å². The van der Waals surface area contributed by atoms with Gasteiger partial charge in [0.2, 0.25) is 0 Å². The van der Waals surface area contributed by atoms with Crippen molar-refractivity contribution in [2.24, 2.45) is 0 Å². The van der Waals surface area contributed by atoms with Crippen LogP contribution in [0.3, 0.4) is 0 Å². The molecule has 2 aromatic rings. The second kappa shape index (κ2) is 3.93. The summed E-state index contributed by atoms with van der Waals surface area (Å²) in [5.74, 6) is 0.961. The van der Waals surface area contributed by atoms with Crippen LogP contribution < -0.4 is 0 Å². The number of nitrogens with zero attached hydrogens (tertiary/aromatic N) is 3. The molecule has 1 N–H and O–H groups in total. The van der Waals surface area contributed by atoms with E-state index in [2.05, 4.69) is 20.0 Å². The van der Waals surface area contributed by atoms with Crippen LogP contribution >= 0.6 is 0 Å². The third-order valence-electron chi connectivity index (χ3n) is 4.60. The molecule has 2 aromatic heterocycles. The number of aromatic nitrogens is 3. The topological polar surface area (TPSA) is 58.0 Å². The van der Waals surface area contributed by atoms with Gasteiger partial charge >= 0.3 is 0 Å². The smallest absolute Gasteiger partial charge is 0.150 e. The highest BCUT2D eigenvalue weighted by Crippen LogP contribution is 2.49. The summed E-state index contributed by atoms with van der Waals surface area (Å²) in [6.45, 7) is 3.87. The van der Waals surface area contributed by atoms with E-state index in [0.29, 0.717) is 0 Å². The quantitative estimate of drug-likeness (QED) is 0.896. The van der Waals surface area contributed by atoms with E-state index in [1.54, 1.807) is 0 Å². The largest absolute Gasteiger partial charge is 0.360 e. The van der Waals surface area contributed by atoms with Gasteiger partial charge in [-0.15, -0.1) is 0 Å². The first kappa shape index (κ1) is 11.2. The van der Waals surface area contributed by atoms with Gasteiger partial charge in [0.1, 0.15) is 0 Å². The Hall–Kier alpha value is -1.62. The Morgan fingerprint density at radius 1 is 1.47 bits per heavy atom. The number of aryl methyl sites for hydroxylation is 1. The lowest BCUT2D eigenvalue weighted by molar-refractivity contribution is -0.0137. The summed E-state index contributed by atoms with van der Waals surface area (Å²) in [6.07, 6.45) is 6.59. The maximum Gasteiger partial charge on any atom is 0.150 e. The molecule has 1 fully saturated rings. The molecule has 0 radical (unpaired) electrons. The van der Waals surface area contributed by atoms with Crippen LogP contribution in [-0.2, 0) is 18.5 Å². The molecule has 0 atom stereocenters. The van der Waals surface area contributed by atoms with Crippen molar-refractivity contribution >= 4 is 0 Å². The maximum atomic E-state index is 5.38. The lowest BCUT2D eigenvalue weighted by atomic mass is 9.70. The van der Waals surface area contributed by atoms with Crippen LogP contribution in [0.25, 0.3) is 0 Å². The number of rotatable bonds is 2. The highest BCUT2D eigenvalue weighted by atomic mass is 16.5. The molecule has 19 heavy (non-hydrogen) atoms. The minimum atomic E-state index is 0.147. The molecule has 5 nitrogen and oxygen atoms in total. The van der Waals surface area contributed by atoms with E-state index in [-0.39, 0.29) is 5.54 Å². The van der Waals surface area contributed by atoms with Crippen molar-refractivity contribution in [1.82, 2.24) is 20.0 Å². The van der Waals surface area contributed by atoms with Crippen molar-refractivity contribution in [2.75, 3.05) is 6.54 Å². The van der Waals surface area contributed by atoms with Crippen LogP contribution in [0.15, 0.2) is 16.9 Å². The van der Waals surface area contributed by atoms with Crippen LogP contribution in [0.4, 0.5) is 0 Å². The summed E-state index contributed by atoms with van der Waals surface area (Å²) in [6, 6.07) is 2.03.